The van der Waals surface area contributed by atoms with E-state index < -0.39 is 0 Å². The molecule has 98 valence electrons. The lowest BCUT2D eigenvalue weighted by Crippen LogP contribution is -2.22. The molecule has 1 atom stereocenters. The van der Waals surface area contributed by atoms with Crippen LogP contribution in [0.1, 0.15) is 49.8 Å². The zero-order valence-electron chi connectivity index (χ0n) is 11.3. The van der Waals surface area contributed by atoms with Gasteiger partial charge < -0.3 is 5.32 Å². The second-order valence-corrected chi connectivity index (χ2v) is 5.47. The van der Waals surface area contributed by atoms with Gasteiger partial charge in [-0.1, -0.05) is 35.0 Å². The number of rotatable bonds is 7. The number of terminal acetylenes is 1. The van der Waals surface area contributed by atoms with Crippen LogP contribution in [0.3, 0.4) is 0 Å². The molecule has 0 aliphatic rings. The van der Waals surface area contributed by atoms with Crippen molar-refractivity contribution in [3.05, 3.63) is 33.8 Å². The molecule has 0 aliphatic carbocycles. The van der Waals surface area contributed by atoms with Gasteiger partial charge in [-0.2, -0.15) is 0 Å². The van der Waals surface area contributed by atoms with E-state index >= 15 is 0 Å². The van der Waals surface area contributed by atoms with Crippen LogP contribution in [0.15, 0.2) is 22.7 Å². The van der Waals surface area contributed by atoms with Gasteiger partial charge in [0.2, 0.25) is 0 Å². The normalized spacial score (nSPS) is 12.1. The minimum Gasteiger partial charge on any atom is -0.310 e. The van der Waals surface area contributed by atoms with Crippen LogP contribution in [0.5, 0.6) is 0 Å². The van der Waals surface area contributed by atoms with Gasteiger partial charge in [0.05, 0.1) is 0 Å². The zero-order chi connectivity index (χ0) is 13.4. The number of halogens is 1. The molecular formula is C16H22BrN. The topological polar surface area (TPSA) is 12.0 Å². The zero-order valence-corrected chi connectivity index (χ0v) is 12.9. The molecule has 2 heteroatoms. The lowest BCUT2D eigenvalue weighted by Gasteiger charge is -2.19. The molecule has 0 aromatic heterocycles. The van der Waals surface area contributed by atoms with Crippen LogP contribution in [-0.2, 0) is 0 Å². The number of hydrogen-bond donors (Lipinski definition) is 1. The molecule has 1 N–H and O–H groups in total. The predicted molar refractivity (Wildman–Crippen MR) is 82.6 cm³/mol. The van der Waals surface area contributed by atoms with E-state index in [1.807, 2.05) is 0 Å². The smallest absolute Gasteiger partial charge is 0.0320 e. The summed E-state index contributed by atoms with van der Waals surface area (Å²) in [6.45, 7) is 5.35. The Morgan fingerprint density at radius 1 is 1.44 bits per heavy atom. The number of nitrogens with one attached hydrogen (secondary N) is 1. The Labute approximate surface area is 119 Å². The van der Waals surface area contributed by atoms with Crippen LogP contribution in [0.4, 0.5) is 0 Å². The van der Waals surface area contributed by atoms with E-state index in [2.05, 4.69) is 59.2 Å². The summed E-state index contributed by atoms with van der Waals surface area (Å²) in [6, 6.07) is 7.01. The van der Waals surface area contributed by atoms with E-state index in [1.54, 1.807) is 0 Å². The molecular weight excluding hydrogens is 286 g/mol. The molecule has 0 heterocycles. The number of aryl methyl sites for hydroxylation is 1. The molecule has 0 spiro atoms. The fourth-order valence-electron chi connectivity index (χ4n) is 1.94. The van der Waals surface area contributed by atoms with Gasteiger partial charge in [-0.3, -0.25) is 0 Å². The van der Waals surface area contributed by atoms with Crippen LogP contribution in [0, 0.1) is 19.3 Å². The van der Waals surface area contributed by atoms with E-state index in [-0.39, 0.29) is 0 Å². The number of benzene rings is 1. The van der Waals surface area contributed by atoms with Gasteiger partial charge in [0.25, 0.3) is 0 Å². The summed E-state index contributed by atoms with van der Waals surface area (Å²) in [5.41, 5.74) is 2.62. The lowest BCUT2D eigenvalue weighted by atomic mass is 10.00. The molecule has 0 radical (unpaired) electrons. The molecule has 18 heavy (non-hydrogen) atoms. The van der Waals surface area contributed by atoms with Crippen LogP contribution in [-0.4, -0.2) is 6.54 Å². The van der Waals surface area contributed by atoms with Crippen molar-refractivity contribution in [2.75, 3.05) is 6.54 Å². The van der Waals surface area contributed by atoms with Gasteiger partial charge in [-0.05, 0) is 49.9 Å². The second kappa shape index (κ2) is 8.34. The summed E-state index contributed by atoms with van der Waals surface area (Å²) in [4.78, 5) is 0. The highest BCUT2D eigenvalue weighted by Crippen LogP contribution is 2.25. The summed E-state index contributed by atoms with van der Waals surface area (Å²) in [6.07, 6.45) is 9.50. The van der Waals surface area contributed by atoms with Crippen LogP contribution in [0.25, 0.3) is 0 Å². The Hall–Kier alpha value is -0.780. The van der Waals surface area contributed by atoms with Crippen LogP contribution in [0.2, 0.25) is 0 Å². The molecule has 0 saturated carbocycles. The quantitative estimate of drug-likeness (QED) is 0.573. The third kappa shape index (κ3) is 4.84. The van der Waals surface area contributed by atoms with Crippen molar-refractivity contribution < 1.29 is 0 Å². The molecule has 0 bridgehead atoms. The highest BCUT2D eigenvalue weighted by atomic mass is 79.9. The van der Waals surface area contributed by atoms with E-state index in [0.29, 0.717) is 6.04 Å². The van der Waals surface area contributed by atoms with Crippen molar-refractivity contribution in [3.8, 4) is 12.3 Å². The Morgan fingerprint density at radius 3 is 2.83 bits per heavy atom. The maximum atomic E-state index is 5.32. The second-order valence-electron chi connectivity index (χ2n) is 4.61. The minimum atomic E-state index is 0.412. The van der Waals surface area contributed by atoms with Gasteiger partial charge in [0, 0.05) is 16.9 Å². The average molecular weight is 308 g/mol. The maximum Gasteiger partial charge on any atom is 0.0320 e. The first kappa shape index (κ1) is 15.3. The van der Waals surface area contributed by atoms with Gasteiger partial charge in [-0.15, -0.1) is 12.3 Å². The third-order valence-corrected chi connectivity index (χ3v) is 3.91. The average Bonchev–Trinajstić information content (AvgIpc) is 2.37. The van der Waals surface area contributed by atoms with E-state index in [0.717, 1.165) is 32.2 Å². The molecule has 0 fully saturated rings. The summed E-state index contributed by atoms with van der Waals surface area (Å²) >= 11 is 3.60. The first-order chi connectivity index (χ1) is 8.69. The maximum absolute atomic E-state index is 5.32. The molecule has 1 aromatic carbocycles. The Kier molecular flexibility index (Phi) is 7.08. The Balaban J connectivity index is 2.73. The Bertz CT molecular complexity index is 406. The van der Waals surface area contributed by atoms with Gasteiger partial charge >= 0.3 is 0 Å². The van der Waals surface area contributed by atoms with Gasteiger partial charge in [-0.25, -0.2) is 0 Å². The van der Waals surface area contributed by atoms with Crippen molar-refractivity contribution in [2.24, 2.45) is 0 Å². The molecule has 0 aliphatic heterocycles. The van der Waals surface area contributed by atoms with Crippen molar-refractivity contribution in [1.29, 1.82) is 0 Å². The number of unbranched alkanes of at least 4 members (excludes halogenated alkanes) is 1. The van der Waals surface area contributed by atoms with Gasteiger partial charge in [0.1, 0.15) is 0 Å². The van der Waals surface area contributed by atoms with Crippen molar-refractivity contribution in [1.82, 2.24) is 5.32 Å². The minimum absolute atomic E-state index is 0.412. The Morgan fingerprint density at radius 2 is 2.22 bits per heavy atom. The molecule has 1 rings (SSSR count). The summed E-state index contributed by atoms with van der Waals surface area (Å²) in [5, 5.41) is 3.60. The van der Waals surface area contributed by atoms with E-state index in [4.69, 9.17) is 6.42 Å². The van der Waals surface area contributed by atoms with E-state index in [1.165, 1.54) is 15.6 Å². The van der Waals surface area contributed by atoms with Crippen molar-refractivity contribution >= 4 is 15.9 Å². The molecule has 0 saturated heterocycles. The number of hydrogen-bond acceptors (Lipinski definition) is 1. The third-order valence-electron chi connectivity index (χ3n) is 3.05. The van der Waals surface area contributed by atoms with Crippen LogP contribution >= 0.6 is 15.9 Å². The summed E-state index contributed by atoms with van der Waals surface area (Å²) < 4.78 is 1.18. The lowest BCUT2D eigenvalue weighted by molar-refractivity contribution is 0.487. The van der Waals surface area contributed by atoms with Crippen molar-refractivity contribution in [2.45, 2.75) is 45.6 Å². The van der Waals surface area contributed by atoms with Crippen molar-refractivity contribution in [3.63, 3.8) is 0 Å². The molecule has 0 amide bonds. The fourth-order valence-corrected chi connectivity index (χ4v) is 2.34. The predicted octanol–water partition coefficient (Wildman–Crippen LogP) is 4.60. The summed E-state index contributed by atoms with van der Waals surface area (Å²) in [7, 11) is 0. The van der Waals surface area contributed by atoms with E-state index in [9.17, 15) is 0 Å². The highest BCUT2D eigenvalue weighted by Gasteiger charge is 2.11. The highest BCUT2D eigenvalue weighted by molar-refractivity contribution is 9.10. The molecule has 1 nitrogen and oxygen atoms in total. The van der Waals surface area contributed by atoms with Gasteiger partial charge in [0.15, 0.2) is 0 Å². The first-order valence-corrected chi connectivity index (χ1v) is 7.41. The SMILES string of the molecule is C#CCCCC(NCCC)c1ccc(C)c(Br)c1. The monoisotopic (exact) mass is 307 g/mol. The summed E-state index contributed by atoms with van der Waals surface area (Å²) in [5.74, 6) is 2.71. The standard InChI is InChI=1S/C16H22BrN/c1-4-6-7-8-16(18-11-5-2)14-10-9-13(3)15(17)12-14/h1,9-10,12,16,18H,5-8,11H2,2-3H3. The largest absolute Gasteiger partial charge is 0.310 e. The molecule has 1 aromatic rings. The molecule has 1 unspecified atom stereocenters. The fraction of sp³-hybridized carbons (Fsp3) is 0.500. The van der Waals surface area contributed by atoms with Crippen LogP contribution < -0.4 is 5.32 Å². The first-order valence-electron chi connectivity index (χ1n) is 6.62.